The number of hydrogen-bond acceptors (Lipinski definition) is 3. The molecule has 0 aliphatic carbocycles. The molecule has 0 unspecified atom stereocenters. The van der Waals surface area contributed by atoms with Gasteiger partial charge in [-0.2, -0.15) is 0 Å². The van der Waals surface area contributed by atoms with E-state index in [0.717, 1.165) is 12.8 Å². The smallest absolute Gasteiger partial charge is 0.413 e. The minimum Gasteiger partial charge on any atom is -0.444 e. The molecule has 0 fully saturated rings. The molecule has 0 aliphatic rings. The Kier molecular flexibility index (Phi) is 4.49. The van der Waals surface area contributed by atoms with Crippen LogP contribution in [0.2, 0.25) is 0 Å². The summed E-state index contributed by atoms with van der Waals surface area (Å²) in [6.07, 6.45) is 3.38. The second-order valence-corrected chi connectivity index (χ2v) is 4.93. The lowest BCUT2D eigenvalue weighted by Gasteiger charge is -2.19. The number of aromatic nitrogens is 1. The molecule has 1 rings (SSSR count). The largest absolute Gasteiger partial charge is 0.444 e. The van der Waals surface area contributed by atoms with Crippen LogP contribution in [0, 0.1) is 0 Å². The Labute approximate surface area is 102 Å². The van der Waals surface area contributed by atoms with E-state index in [-0.39, 0.29) is 0 Å². The van der Waals surface area contributed by atoms with Gasteiger partial charge in [0.1, 0.15) is 11.4 Å². The van der Waals surface area contributed by atoms with Crippen LogP contribution in [0.5, 0.6) is 0 Å². The normalized spacial score (nSPS) is 11.1. The summed E-state index contributed by atoms with van der Waals surface area (Å²) in [5.74, 6) is 0.513. The molecule has 1 N–H and O–H groups in total. The summed E-state index contributed by atoms with van der Waals surface area (Å²) in [7, 11) is 0. The number of amides is 1. The van der Waals surface area contributed by atoms with Gasteiger partial charge < -0.3 is 4.74 Å². The minimum atomic E-state index is -0.494. The first-order chi connectivity index (χ1) is 7.90. The fourth-order valence-corrected chi connectivity index (χ4v) is 1.34. The van der Waals surface area contributed by atoms with Gasteiger partial charge in [0.05, 0.1) is 0 Å². The molecular formula is C13H20N2O2. The van der Waals surface area contributed by atoms with Crippen LogP contribution in [0.15, 0.2) is 18.3 Å². The van der Waals surface area contributed by atoms with Gasteiger partial charge in [-0.15, -0.1) is 0 Å². The van der Waals surface area contributed by atoms with Crippen molar-refractivity contribution in [1.82, 2.24) is 4.98 Å². The van der Waals surface area contributed by atoms with Crippen molar-refractivity contribution in [2.75, 3.05) is 5.32 Å². The van der Waals surface area contributed by atoms with Crippen molar-refractivity contribution in [3.63, 3.8) is 0 Å². The topological polar surface area (TPSA) is 51.2 Å². The van der Waals surface area contributed by atoms with Crippen LogP contribution in [0.3, 0.4) is 0 Å². The third-order valence-corrected chi connectivity index (χ3v) is 1.99. The van der Waals surface area contributed by atoms with E-state index in [2.05, 4.69) is 17.2 Å². The van der Waals surface area contributed by atoms with Gasteiger partial charge >= 0.3 is 6.09 Å². The summed E-state index contributed by atoms with van der Waals surface area (Å²) >= 11 is 0. The maximum absolute atomic E-state index is 11.5. The third kappa shape index (κ3) is 5.33. The number of pyridine rings is 1. The second kappa shape index (κ2) is 5.66. The van der Waals surface area contributed by atoms with E-state index < -0.39 is 11.7 Å². The fourth-order valence-electron chi connectivity index (χ4n) is 1.34. The molecule has 0 bridgehead atoms. The maximum atomic E-state index is 11.5. The predicted octanol–water partition coefficient (Wildman–Crippen LogP) is 3.38. The van der Waals surface area contributed by atoms with Gasteiger partial charge in [-0.3, -0.25) is 5.32 Å². The Hall–Kier alpha value is -1.58. The highest BCUT2D eigenvalue weighted by atomic mass is 16.6. The van der Waals surface area contributed by atoms with Crippen LogP contribution in [0.4, 0.5) is 10.6 Å². The molecule has 0 saturated carbocycles. The summed E-state index contributed by atoms with van der Waals surface area (Å²) in [6, 6.07) is 3.75. The van der Waals surface area contributed by atoms with Crippen molar-refractivity contribution < 1.29 is 9.53 Å². The number of ether oxygens (including phenoxy) is 1. The predicted molar refractivity (Wildman–Crippen MR) is 68.1 cm³/mol. The van der Waals surface area contributed by atoms with E-state index in [1.807, 2.05) is 26.8 Å². The van der Waals surface area contributed by atoms with Crippen molar-refractivity contribution in [3.05, 3.63) is 23.9 Å². The molecule has 0 saturated heterocycles. The average molecular weight is 236 g/mol. The Morgan fingerprint density at radius 1 is 1.41 bits per heavy atom. The first-order valence-corrected chi connectivity index (χ1v) is 5.85. The van der Waals surface area contributed by atoms with Crippen LogP contribution < -0.4 is 5.32 Å². The second-order valence-electron chi connectivity index (χ2n) is 4.93. The number of rotatable bonds is 3. The molecule has 0 radical (unpaired) electrons. The van der Waals surface area contributed by atoms with Crippen LogP contribution >= 0.6 is 0 Å². The molecular weight excluding hydrogens is 216 g/mol. The molecule has 0 atom stereocenters. The van der Waals surface area contributed by atoms with Crippen LogP contribution in [-0.2, 0) is 11.2 Å². The summed E-state index contributed by atoms with van der Waals surface area (Å²) < 4.78 is 5.13. The van der Waals surface area contributed by atoms with Gasteiger partial charge in [0.25, 0.3) is 0 Å². The fraction of sp³-hybridized carbons (Fsp3) is 0.538. The SMILES string of the molecule is CCCc1ccc(NC(=O)OC(C)(C)C)nc1. The minimum absolute atomic E-state index is 0.478. The van der Waals surface area contributed by atoms with Gasteiger partial charge in [-0.25, -0.2) is 9.78 Å². The van der Waals surface area contributed by atoms with Gasteiger partial charge in [-0.1, -0.05) is 19.4 Å². The standard InChI is InChI=1S/C13H20N2O2/c1-5-6-10-7-8-11(14-9-10)15-12(16)17-13(2,3)4/h7-9H,5-6H2,1-4H3,(H,14,15,16). The van der Waals surface area contributed by atoms with E-state index in [0.29, 0.717) is 5.82 Å². The lowest BCUT2D eigenvalue weighted by Crippen LogP contribution is -2.27. The van der Waals surface area contributed by atoms with E-state index in [9.17, 15) is 4.79 Å². The monoisotopic (exact) mass is 236 g/mol. The number of nitrogens with one attached hydrogen (secondary N) is 1. The van der Waals surface area contributed by atoms with Gasteiger partial charge in [-0.05, 0) is 38.8 Å². The highest BCUT2D eigenvalue weighted by molar-refractivity contribution is 5.83. The Bertz CT molecular complexity index is 366. The van der Waals surface area contributed by atoms with Crippen molar-refractivity contribution in [1.29, 1.82) is 0 Å². The quantitative estimate of drug-likeness (QED) is 0.875. The molecule has 1 aromatic heterocycles. The van der Waals surface area contributed by atoms with Gasteiger partial charge in [0.15, 0.2) is 0 Å². The molecule has 0 spiro atoms. The van der Waals surface area contributed by atoms with Crippen molar-refractivity contribution in [3.8, 4) is 0 Å². The number of hydrogen-bond donors (Lipinski definition) is 1. The lowest BCUT2D eigenvalue weighted by atomic mass is 10.2. The number of aryl methyl sites for hydroxylation is 1. The molecule has 4 heteroatoms. The van der Waals surface area contributed by atoms with Crippen LogP contribution in [0.1, 0.15) is 39.7 Å². The number of carbonyl (C=O) groups excluding carboxylic acids is 1. The molecule has 0 aromatic carbocycles. The van der Waals surface area contributed by atoms with Crippen molar-refractivity contribution in [2.24, 2.45) is 0 Å². The lowest BCUT2D eigenvalue weighted by molar-refractivity contribution is 0.0635. The van der Waals surface area contributed by atoms with Crippen LogP contribution in [-0.4, -0.2) is 16.7 Å². The Morgan fingerprint density at radius 3 is 2.59 bits per heavy atom. The number of anilines is 1. The van der Waals surface area contributed by atoms with E-state index in [1.54, 1.807) is 12.3 Å². The molecule has 1 amide bonds. The summed E-state index contributed by atoms with van der Waals surface area (Å²) in [6.45, 7) is 7.59. The Balaban J connectivity index is 2.54. The number of nitrogens with zero attached hydrogens (tertiary/aromatic N) is 1. The van der Waals surface area contributed by atoms with Crippen molar-refractivity contribution in [2.45, 2.75) is 46.1 Å². The summed E-state index contributed by atoms with van der Waals surface area (Å²) in [5, 5.41) is 2.60. The molecule has 4 nitrogen and oxygen atoms in total. The third-order valence-electron chi connectivity index (χ3n) is 1.99. The van der Waals surface area contributed by atoms with Crippen molar-refractivity contribution >= 4 is 11.9 Å². The first-order valence-electron chi connectivity index (χ1n) is 5.85. The number of carbonyl (C=O) groups is 1. The average Bonchev–Trinajstić information content (AvgIpc) is 2.18. The molecule has 94 valence electrons. The van der Waals surface area contributed by atoms with Gasteiger partial charge in [0, 0.05) is 6.20 Å². The van der Waals surface area contributed by atoms with Crippen LogP contribution in [0.25, 0.3) is 0 Å². The maximum Gasteiger partial charge on any atom is 0.413 e. The highest BCUT2D eigenvalue weighted by Crippen LogP contribution is 2.11. The molecule has 1 aromatic rings. The van der Waals surface area contributed by atoms with E-state index in [4.69, 9.17) is 4.74 Å². The Morgan fingerprint density at radius 2 is 2.12 bits per heavy atom. The first kappa shape index (κ1) is 13.5. The van der Waals surface area contributed by atoms with E-state index in [1.165, 1.54) is 5.56 Å². The summed E-state index contributed by atoms with van der Waals surface area (Å²) in [5.41, 5.74) is 0.675. The molecule has 17 heavy (non-hydrogen) atoms. The zero-order chi connectivity index (χ0) is 12.9. The zero-order valence-corrected chi connectivity index (χ0v) is 10.9. The highest BCUT2D eigenvalue weighted by Gasteiger charge is 2.16. The van der Waals surface area contributed by atoms with E-state index >= 15 is 0 Å². The van der Waals surface area contributed by atoms with Gasteiger partial charge in [0.2, 0.25) is 0 Å². The zero-order valence-electron chi connectivity index (χ0n) is 10.9. The molecule has 1 heterocycles. The molecule has 0 aliphatic heterocycles. The summed E-state index contributed by atoms with van der Waals surface area (Å²) in [4.78, 5) is 15.6.